The van der Waals surface area contributed by atoms with E-state index in [9.17, 15) is 14.7 Å². The number of piperidine rings is 1. The first-order valence-electron chi connectivity index (χ1n) is 8.10. The Bertz CT molecular complexity index is 402. The fourth-order valence-corrected chi connectivity index (χ4v) is 3.55. The van der Waals surface area contributed by atoms with Crippen molar-refractivity contribution in [3.63, 3.8) is 0 Å². The van der Waals surface area contributed by atoms with E-state index in [0.29, 0.717) is 31.8 Å². The smallest absolute Gasteiger partial charge is 0.317 e. The van der Waals surface area contributed by atoms with Gasteiger partial charge in [0.25, 0.3) is 0 Å². The molecule has 1 aliphatic carbocycles. The third-order valence-corrected chi connectivity index (χ3v) is 5.41. The molecule has 0 aromatic rings. The molecule has 0 aromatic heterocycles. The van der Waals surface area contributed by atoms with Crippen molar-refractivity contribution in [2.75, 3.05) is 13.1 Å². The fourth-order valence-electron chi connectivity index (χ4n) is 3.55. The molecule has 0 spiro atoms. The predicted molar refractivity (Wildman–Crippen MR) is 81.0 cm³/mol. The molecule has 1 saturated carbocycles. The second kappa shape index (κ2) is 6.24. The predicted octanol–water partition coefficient (Wildman–Crippen LogP) is 2.71. The van der Waals surface area contributed by atoms with Crippen LogP contribution in [0.3, 0.4) is 0 Å². The van der Waals surface area contributed by atoms with Crippen LogP contribution in [-0.2, 0) is 4.79 Å². The minimum absolute atomic E-state index is 0.0196. The molecule has 2 N–H and O–H groups in total. The highest BCUT2D eigenvalue weighted by Crippen LogP contribution is 2.32. The summed E-state index contributed by atoms with van der Waals surface area (Å²) < 4.78 is 0. The minimum Gasteiger partial charge on any atom is -0.481 e. The summed E-state index contributed by atoms with van der Waals surface area (Å²) in [6.07, 6.45) is 4.46. The molecule has 1 heterocycles. The third-order valence-electron chi connectivity index (χ3n) is 5.41. The summed E-state index contributed by atoms with van der Waals surface area (Å²) in [4.78, 5) is 25.3. The second-order valence-corrected chi connectivity index (χ2v) is 7.30. The average Bonchev–Trinajstić information content (AvgIpc) is 2.42. The number of likely N-dealkylation sites (tertiary alicyclic amines) is 1. The monoisotopic (exact) mass is 296 g/mol. The normalized spacial score (nSPS) is 32.5. The summed E-state index contributed by atoms with van der Waals surface area (Å²) in [5, 5.41) is 12.4. The largest absolute Gasteiger partial charge is 0.481 e. The second-order valence-electron chi connectivity index (χ2n) is 7.30. The van der Waals surface area contributed by atoms with Gasteiger partial charge in [-0.25, -0.2) is 4.79 Å². The van der Waals surface area contributed by atoms with E-state index < -0.39 is 11.4 Å². The molecule has 3 atom stereocenters. The maximum absolute atomic E-state index is 12.3. The minimum atomic E-state index is -0.752. The number of nitrogens with zero attached hydrogens (tertiary/aromatic N) is 1. The highest BCUT2D eigenvalue weighted by molar-refractivity contribution is 5.77. The molecule has 2 rings (SSSR count). The van der Waals surface area contributed by atoms with Gasteiger partial charge >= 0.3 is 12.0 Å². The van der Waals surface area contributed by atoms with Gasteiger partial charge in [-0.2, -0.15) is 0 Å². The molecule has 2 amide bonds. The first kappa shape index (κ1) is 16.1. The van der Waals surface area contributed by atoms with Crippen LogP contribution in [0.15, 0.2) is 0 Å². The van der Waals surface area contributed by atoms with Crippen molar-refractivity contribution in [1.82, 2.24) is 10.2 Å². The summed E-state index contributed by atoms with van der Waals surface area (Å²) in [6.45, 7) is 7.32. The molecule has 3 unspecified atom stereocenters. The van der Waals surface area contributed by atoms with E-state index in [4.69, 9.17) is 0 Å². The van der Waals surface area contributed by atoms with Crippen LogP contribution in [0, 0.1) is 17.3 Å². The highest BCUT2D eigenvalue weighted by Gasteiger charge is 2.38. The first-order valence-corrected chi connectivity index (χ1v) is 8.10. The van der Waals surface area contributed by atoms with Gasteiger partial charge in [-0.3, -0.25) is 4.79 Å². The van der Waals surface area contributed by atoms with Crippen LogP contribution in [0.1, 0.15) is 52.9 Å². The Morgan fingerprint density at radius 1 is 1.19 bits per heavy atom. The lowest BCUT2D eigenvalue weighted by atomic mass is 9.79. The van der Waals surface area contributed by atoms with Gasteiger partial charge < -0.3 is 15.3 Å². The van der Waals surface area contributed by atoms with Crippen LogP contribution in [0.25, 0.3) is 0 Å². The Balaban J connectivity index is 1.84. The summed E-state index contributed by atoms with van der Waals surface area (Å²) in [6, 6.07) is 0.246. The molecular weight excluding hydrogens is 268 g/mol. The van der Waals surface area contributed by atoms with Gasteiger partial charge in [-0.15, -0.1) is 0 Å². The van der Waals surface area contributed by atoms with Gasteiger partial charge in [0, 0.05) is 19.1 Å². The molecule has 5 nitrogen and oxygen atoms in total. The van der Waals surface area contributed by atoms with Crippen LogP contribution in [0.4, 0.5) is 4.79 Å². The molecule has 120 valence electrons. The molecule has 0 radical (unpaired) electrons. The molecule has 1 aliphatic heterocycles. The Kier molecular flexibility index (Phi) is 4.79. The van der Waals surface area contributed by atoms with Crippen LogP contribution >= 0.6 is 0 Å². The van der Waals surface area contributed by atoms with Gasteiger partial charge in [0.05, 0.1) is 5.41 Å². The lowest BCUT2D eigenvalue weighted by molar-refractivity contribution is -0.150. The summed E-state index contributed by atoms with van der Waals surface area (Å²) in [5.74, 6) is 0.517. The van der Waals surface area contributed by atoms with Crippen molar-refractivity contribution in [2.45, 2.75) is 58.9 Å². The van der Waals surface area contributed by atoms with Crippen molar-refractivity contribution < 1.29 is 14.7 Å². The van der Waals surface area contributed by atoms with Crippen molar-refractivity contribution >= 4 is 12.0 Å². The lowest BCUT2D eigenvalue weighted by Crippen LogP contribution is -2.52. The number of carbonyl (C=O) groups excluding carboxylic acids is 1. The van der Waals surface area contributed by atoms with Crippen molar-refractivity contribution in [3.05, 3.63) is 0 Å². The van der Waals surface area contributed by atoms with Gasteiger partial charge in [0.1, 0.15) is 0 Å². The molecule has 2 fully saturated rings. The van der Waals surface area contributed by atoms with Gasteiger partial charge in [-0.05, 0) is 50.9 Å². The summed E-state index contributed by atoms with van der Waals surface area (Å²) in [5.41, 5.74) is -0.676. The Morgan fingerprint density at radius 3 is 2.33 bits per heavy atom. The SMILES string of the molecule is CC1CCC(NC(=O)N2CCC(C)(C(=O)O)CC2)C(C)C1. The molecule has 21 heavy (non-hydrogen) atoms. The lowest BCUT2D eigenvalue weighted by Gasteiger charge is -2.39. The summed E-state index contributed by atoms with van der Waals surface area (Å²) in [7, 11) is 0. The van der Waals surface area contributed by atoms with Crippen molar-refractivity contribution in [2.24, 2.45) is 17.3 Å². The number of aliphatic carboxylic acids is 1. The molecule has 1 saturated heterocycles. The zero-order valence-electron chi connectivity index (χ0n) is 13.4. The molecular formula is C16H28N2O3. The van der Waals surface area contributed by atoms with E-state index in [2.05, 4.69) is 19.2 Å². The molecule has 0 bridgehead atoms. The number of carboxylic acid groups (broad SMARTS) is 1. The number of carbonyl (C=O) groups is 2. The number of hydrogen-bond donors (Lipinski definition) is 2. The number of rotatable bonds is 2. The number of carboxylic acids is 1. The van der Waals surface area contributed by atoms with E-state index in [1.54, 1.807) is 11.8 Å². The topological polar surface area (TPSA) is 69.6 Å². The van der Waals surface area contributed by atoms with E-state index in [1.165, 1.54) is 12.8 Å². The van der Waals surface area contributed by atoms with Crippen LogP contribution in [0.5, 0.6) is 0 Å². The van der Waals surface area contributed by atoms with Crippen LogP contribution in [-0.4, -0.2) is 41.1 Å². The Morgan fingerprint density at radius 2 is 1.81 bits per heavy atom. The van der Waals surface area contributed by atoms with Crippen LogP contribution in [0.2, 0.25) is 0 Å². The number of urea groups is 1. The van der Waals surface area contributed by atoms with Crippen molar-refractivity contribution in [3.8, 4) is 0 Å². The zero-order valence-corrected chi connectivity index (χ0v) is 13.4. The molecule has 2 aliphatic rings. The maximum atomic E-state index is 12.3. The molecule has 0 aromatic carbocycles. The van der Waals surface area contributed by atoms with E-state index in [0.717, 1.165) is 12.3 Å². The van der Waals surface area contributed by atoms with E-state index >= 15 is 0 Å². The average molecular weight is 296 g/mol. The van der Waals surface area contributed by atoms with Crippen LogP contribution < -0.4 is 5.32 Å². The molecule has 5 heteroatoms. The Labute approximate surface area is 127 Å². The van der Waals surface area contributed by atoms with E-state index in [1.807, 2.05) is 0 Å². The van der Waals surface area contributed by atoms with Gasteiger partial charge in [0.2, 0.25) is 0 Å². The quantitative estimate of drug-likeness (QED) is 0.823. The fraction of sp³-hybridized carbons (Fsp3) is 0.875. The standard InChI is InChI=1S/C16H28N2O3/c1-11-4-5-13(12(2)10-11)17-15(21)18-8-6-16(3,7-9-18)14(19)20/h11-13H,4-10H2,1-3H3,(H,17,21)(H,19,20). The highest BCUT2D eigenvalue weighted by atomic mass is 16.4. The summed E-state index contributed by atoms with van der Waals surface area (Å²) >= 11 is 0. The van der Waals surface area contributed by atoms with Crippen molar-refractivity contribution in [1.29, 1.82) is 0 Å². The Hall–Kier alpha value is -1.26. The first-order chi connectivity index (χ1) is 9.82. The maximum Gasteiger partial charge on any atom is 0.317 e. The van der Waals surface area contributed by atoms with E-state index in [-0.39, 0.29) is 12.1 Å². The zero-order chi connectivity index (χ0) is 15.6. The number of amides is 2. The number of nitrogens with one attached hydrogen (secondary N) is 1. The number of hydrogen-bond acceptors (Lipinski definition) is 2. The third kappa shape index (κ3) is 3.69. The van der Waals surface area contributed by atoms with Gasteiger partial charge in [0.15, 0.2) is 0 Å². The van der Waals surface area contributed by atoms with Gasteiger partial charge in [-0.1, -0.05) is 13.8 Å².